The van der Waals surface area contributed by atoms with E-state index >= 15 is 0 Å². The quantitative estimate of drug-likeness (QED) is 0.550. The van der Waals surface area contributed by atoms with Gasteiger partial charge in [-0.15, -0.1) is 6.58 Å². The number of nitrogens with zero attached hydrogens (tertiary/aromatic N) is 1. The molecule has 0 aromatic carbocycles. The molecule has 0 radical (unpaired) electrons. The van der Waals surface area contributed by atoms with Crippen molar-refractivity contribution in [2.75, 3.05) is 19.6 Å². The first-order valence-electron chi connectivity index (χ1n) is 6.48. The van der Waals surface area contributed by atoms with E-state index in [1.165, 1.54) is 51.7 Å². The third-order valence-electron chi connectivity index (χ3n) is 3.84. The van der Waals surface area contributed by atoms with Gasteiger partial charge in [0.1, 0.15) is 0 Å². The van der Waals surface area contributed by atoms with Gasteiger partial charge >= 0.3 is 0 Å². The molecule has 0 spiro atoms. The average molecular weight is 208 g/mol. The van der Waals surface area contributed by atoms with Gasteiger partial charge in [0, 0.05) is 12.1 Å². The summed E-state index contributed by atoms with van der Waals surface area (Å²) in [5.74, 6) is 0. The molecule has 2 aliphatic heterocycles. The monoisotopic (exact) mass is 208 g/mol. The lowest BCUT2D eigenvalue weighted by molar-refractivity contribution is 0.167. The van der Waals surface area contributed by atoms with E-state index in [4.69, 9.17) is 0 Å². The van der Waals surface area contributed by atoms with Crippen LogP contribution in [-0.2, 0) is 0 Å². The molecule has 0 amide bonds. The third-order valence-corrected chi connectivity index (χ3v) is 3.84. The summed E-state index contributed by atoms with van der Waals surface area (Å²) in [6.45, 7) is 7.60. The summed E-state index contributed by atoms with van der Waals surface area (Å²) in [7, 11) is 0. The molecule has 2 nitrogen and oxygen atoms in total. The Morgan fingerprint density at radius 3 is 3.13 bits per heavy atom. The second kappa shape index (κ2) is 5.66. The van der Waals surface area contributed by atoms with E-state index in [2.05, 4.69) is 16.8 Å². The number of unbranched alkanes of at least 4 members (excludes halogenated alkanes) is 1. The predicted octanol–water partition coefficient (Wildman–Crippen LogP) is 2.17. The molecular weight excluding hydrogens is 184 g/mol. The Morgan fingerprint density at radius 1 is 1.33 bits per heavy atom. The Balaban J connectivity index is 1.64. The van der Waals surface area contributed by atoms with Crippen LogP contribution in [0.2, 0.25) is 0 Å². The van der Waals surface area contributed by atoms with Crippen molar-refractivity contribution in [2.45, 2.75) is 50.6 Å². The Hall–Kier alpha value is -0.340. The molecule has 15 heavy (non-hydrogen) atoms. The highest BCUT2D eigenvalue weighted by Gasteiger charge is 2.30. The van der Waals surface area contributed by atoms with Gasteiger partial charge in [0.25, 0.3) is 0 Å². The van der Waals surface area contributed by atoms with Gasteiger partial charge < -0.3 is 10.2 Å². The molecule has 2 atom stereocenters. The van der Waals surface area contributed by atoms with Crippen LogP contribution in [-0.4, -0.2) is 36.6 Å². The molecule has 2 heterocycles. The number of fused-ring (bicyclic) bond motifs is 1. The number of hydrogen-bond donors (Lipinski definition) is 1. The fourth-order valence-electron chi connectivity index (χ4n) is 2.96. The van der Waals surface area contributed by atoms with Crippen molar-refractivity contribution in [1.82, 2.24) is 10.2 Å². The fourth-order valence-corrected chi connectivity index (χ4v) is 2.96. The average Bonchev–Trinajstić information content (AvgIpc) is 2.71. The molecule has 0 aromatic heterocycles. The van der Waals surface area contributed by atoms with Gasteiger partial charge in [-0.05, 0) is 58.2 Å². The number of allylic oxidation sites excluding steroid dienone is 1. The van der Waals surface area contributed by atoms with Crippen molar-refractivity contribution in [1.29, 1.82) is 0 Å². The number of piperidine rings is 1. The summed E-state index contributed by atoms with van der Waals surface area (Å²) in [5.41, 5.74) is 0. The van der Waals surface area contributed by atoms with Crippen molar-refractivity contribution in [2.24, 2.45) is 0 Å². The molecule has 86 valence electrons. The summed E-state index contributed by atoms with van der Waals surface area (Å²) in [5, 5.41) is 3.69. The molecule has 2 unspecified atom stereocenters. The first kappa shape index (κ1) is 11.2. The lowest BCUT2D eigenvalue weighted by Gasteiger charge is -2.35. The van der Waals surface area contributed by atoms with E-state index in [0.717, 1.165) is 18.5 Å². The van der Waals surface area contributed by atoms with E-state index in [0.29, 0.717) is 0 Å². The minimum Gasteiger partial charge on any atom is -0.314 e. The maximum absolute atomic E-state index is 3.75. The van der Waals surface area contributed by atoms with Crippen LogP contribution >= 0.6 is 0 Å². The molecule has 2 saturated heterocycles. The van der Waals surface area contributed by atoms with Crippen LogP contribution in [0.15, 0.2) is 12.7 Å². The van der Waals surface area contributed by atoms with Gasteiger partial charge in [-0.1, -0.05) is 6.08 Å². The molecular formula is C13H24N2. The Bertz CT molecular complexity index is 203. The molecule has 2 heteroatoms. The van der Waals surface area contributed by atoms with E-state index < -0.39 is 0 Å². The standard InChI is InChI=1S/C13H24N2/c1-2-3-4-8-14-12-7-10-15-9-5-6-13(15)11-12/h2,12-14H,1,3-11H2. The van der Waals surface area contributed by atoms with Crippen LogP contribution in [0.5, 0.6) is 0 Å². The van der Waals surface area contributed by atoms with Crippen LogP contribution in [0, 0.1) is 0 Å². The zero-order valence-electron chi connectivity index (χ0n) is 9.75. The summed E-state index contributed by atoms with van der Waals surface area (Å²) in [6, 6.07) is 1.69. The van der Waals surface area contributed by atoms with E-state index in [1.54, 1.807) is 0 Å². The van der Waals surface area contributed by atoms with Crippen LogP contribution in [0.3, 0.4) is 0 Å². The highest BCUT2D eigenvalue weighted by atomic mass is 15.2. The highest BCUT2D eigenvalue weighted by molar-refractivity contribution is 4.89. The zero-order valence-corrected chi connectivity index (χ0v) is 9.75. The number of nitrogens with one attached hydrogen (secondary N) is 1. The SMILES string of the molecule is C=CCCCNC1CCN2CCCC2C1. The van der Waals surface area contributed by atoms with Crippen LogP contribution < -0.4 is 5.32 Å². The van der Waals surface area contributed by atoms with E-state index in [1.807, 2.05) is 6.08 Å². The maximum Gasteiger partial charge on any atom is 0.0111 e. The topological polar surface area (TPSA) is 15.3 Å². The normalized spacial score (nSPS) is 31.5. The third kappa shape index (κ3) is 3.05. The first-order valence-corrected chi connectivity index (χ1v) is 6.48. The van der Waals surface area contributed by atoms with Gasteiger partial charge in [-0.2, -0.15) is 0 Å². The van der Waals surface area contributed by atoms with Crippen molar-refractivity contribution in [3.8, 4) is 0 Å². The summed E-state index contributed by atoms with van der Waals surface area (Å²) in [6.07, 6.45) is 10.0. The predicted molar refractivity (Wildman–Crippen MR) is 65.1 cm³/mol. The van der Waals surface area contributed by atoms with Crippen LogP contribution in [0.4, 0.5) is 0 Å². The number of hydrogen-bond acceptors (Lipinski definition) is 2. The smallest absolute Gasteiger partial charge is 0.0111 e. The molecule has 2 aliphatic rings. The minimum atomic E-state index is 0.786. The van der Waals surface area contributed by atoms with Crippen molar-refractivity contribution < 1.29 is 0 Å². The summed E-state index contributed by atoms with van der Waals surface area (Å²) >= 11 is 0. The molecule has 0 aromatic rings. The van der Waals surface area contributed by atoms with Crippen molar-refractivity contribution in [3.05, 3.63) is 12.7 Å². The van der Waals surface area contributed by atoms with Gasteiger partial charge in [-0.25, -0.2) is 0 Å². The number of rotatable bonds is 5. The van der Waals surface area contributed by atoms with Gasteiger partial charge in [0.15, 0.2) is 0 Å². The highest BCUT2D eigenvalue weighted by Crippen LogP contribution is 2.26. The Morgan fingerprint density at radius 2 is 2.27 bits per heavy atom. The summed E-state index contributed by atoms with van der Waals surface area (Å²) < 4.78 is 0. The van der Waals surface area contributed by atoms with Gasteiger partial charge in [-0.3, -0.25) is 0 Å². The molecule has 1 N–H and O–H groups in total. The lowest BCUT2D eigenvalue weighted by atomic mass is 9.97. The zero-order chi connectivity index (χ0) is 10.5. The van der Waals surface area contributed by atoms with E-state index in [-0.39, 0.29) is 0 Å². The van der Waals surface area contributed by atoms with Gasteiger partial charge in [0.05, 0.1) is 0 Å². The lowest BCUT2D eigenvalue weighted by Crippen LogP contribution is -2.45. The van der Waals surface area contributed by atoms with Crippen molar-refractivity contribution in [3.63, 3.8) is 0 Å². The van der Waals surface area contributed by atoms with E-state index in [9.17, 15) is 0 Å². The molecule has 2 fully saturated rings. The second-order valence-electron chi connectivity index (χ2n) is 4.94. The maximum atomic E-state index is 3.75. The Labute approximate surface area is 93.7 Å². The molecule has 0 saturated carbocycles. The fraction of sp³-hybridized carbons (Fsp3) is 0.846. The largest absolute Gasteiger partial charge is 0.314 e. The molecule has 2 rings (SSSR count). The van der Waals surface area contributed by atoms with Crippen molar-refractivity contribution >= 4 is 0 Å². The van der Waals surface area contributed by atoms with Gasteiger partial charge in [0.2, 0.25) is 0 Å². The van der Waals surface area contributed by atoms with Crippen LogP contribution in [0.25, 0.3) is 0 Å². The molecule has 0 bridgehead atoms. The minimum absolute atomic E-state index is 0.786. The Kier molecular flexibility index (Phi) is 4.21. The summed E-state index contributed by atoms with van der Waals surface area (Å²) in [4.78, 5) is 2.68. The second-order valence-corrected chi connectivity index (χ2v) is 4.94. The molecule has 0 aliphatic carbocycles. The van der Waals surface area contributed by atoms with Crippen LogP contribution in [0.1, 0.15) is 38.5 Å². The first-order chi connectivity index (χ1) is 7.40.